The highest BCUT2D eigenvalue weighted by molar-refractivity contribution is 5.77. The number of methoxy groups -OCH3 is 1. The van der Waals surface area contributed by atoms with Crippen molar-refractivity contribution in [2.45, 2.75) is 38.5 Å². The molecule has 22 heavy (non-hydrogen) atoms. The molecule has 7 heteroatoms. The lowest BCUT2D eigenvalue weighted by Gasteiger charge is -2.26. The zero-order valence-corrected chi connectivity index (χ0v) is 13.1. The highest BCUT2D eigenvalue weighted by atomic mass is 16.6. The van der Waals surface area contributed by atoms with Gasteiger partial charge in [0.2, 0.25) is 0 Å². The van der Waals surface area contributed by atoms with E-state index in [2.05, 4.69) is 10.1 Å². The van der Waals surface area contributed by atoms with Crippen LogP contribution >= 0.6 is 0 Å². The summed E-state index contributed by atoms with van der Waals surface area (Å²) in [6.07, 6.45) is -2.35. The van der Waals surface area contributed by atoms with E-state index in [-0.39, 0.29) is 0 Å². The maximum absolute atomic E-state index is 11.9. The van der Waals surface area contributed by atoms with Gasteiger partial charge in [-0.3, -0.25) is 0 Å². The van der Waals surface area contributed by atoms with Crippen molar-refractivity contribution in [1.82, 2.24) is 5.32 Å². The Balaban J connectivity index is 3.02. The molecule has 0 aliphatic carbocycles. The first-order valence-electron chi connectivity index (χ1n) is 6.75. The number of hydrogen-bond acceptors (Lipinski definition) is 6. The molecule has 2 atom stereocenters. The van der Waals surface area contributed by atoms with E-state index in [0.29, 0.717) is 11.3 Å². The predicted octanol–water partition coefficient (Wildman–Crippen LogP) is 1.37. The van der Waals surface area contributed by atoms with Crippen LogP contribution in [0.3, 0.4) is 0 Å². The van der Waals surface area contributed by atoms with Gasteiger partial charge in [-0.25, -0.2) is 9.59 Å². The van der Waals surface area contributed by atoms with Crippen LogP contribution in [-0.2, 0) is 14.3 Å². The van der Waals surface area contributed by atoms with Crippen molar-refractivity contribution in [1.29, 1.82) is 0 Å². The van der Waals surface area contributed by atoms with E-state index in [1.54, 1.807) is 45.0 Å². The highest BCUT2D eigenvalue weighted by Crippen LogP contribution is 2.21. The summed E-state index contributed by atoms with van der Waals surface area (Å²) in [5.74, 6) is -0.872. The van der Waals surface area contributed by atoms with Crippen LogP contribution in [0, 0.1) is 0 Å². The molecular weight excluding hydrogens is 288 g/mol. The number of nitrogens with one attached hydrogen (secondary N) is 1. The van der Waals surface area contributed by atoms with Crippen molar-refractivity contribution < 1.29 is 24.2 Å². The van der Waals surface area contributed by atoms with Gasteiger partial charge in [0.15, 0.2) is 6.10 Å². The minimum Gasteiger partial charge on any atom is -0.467 e. The quantitative estimate of drug-likeness (QED) is 0.572. The van der Waals surface area contributed by atoms with E-state index < -0.39 is 29.8 Å². The molecule has 1 rings (SSSR count). The largest absolute Gasteiger partial charge is 0.467 e. The summed E-state index contributed by atoms with van der Waals surface area (Å²) in [4.78, 5) is 23.5. The van der Waals surface area contributed by atoms with Gasteiger partial charge in [0.05, 0.1) is 13.2 Å². The molecule has 0 aromatic heterocycles. The summed E-state index contributed by atoms with van der Waals surface area (Å²) in [5, 5.41) is 12.5. The maximum Gasteiger partial charge on any atom is 0.408 e. The molecular formula is C15H22N2O5. The van der Waals surface area contributed by atoms with Crippen LogP contribution in [-0.4, -0.2) is 36.0 Å². The molecule has 0 aliphatic heterocycles. The second-order valence-corrected chi connectivity index (χ2v) is 5.76. The molecule has 0 radical (unpaired) electrons. The van der Waals surface area contributed by atoms with Gasteiger partial charge < -0.3 is 25.6 Å². The number of carbonyl (C=O) groups is 2. The molecule has 0 bridgehead atoms. The lowest BCUT2D eigenvalue weighted by Crippen LogP contribution is -2.43. The Morgan fingerprint density at radius 3 is 2.45 bits per heavy atom. The van der Waals surface area contributed by atoms with Gasteiger partial charge in [0.1, 0.15) is 5.60 Å². The second-order valence-electron chi connectivity index (χ2n) is 5.76. The molecule has 122 valence electrons. The van der Waals surface area contributed by atoms with Crippen molar-refractivity contribution in [3.8, 4) is 0 Å². The molecule has 7 nitrogen and oxygen atoms in total. The zero-order valence-electron chi connectivity index (χ0n) is 13.1. The minimum absolute atomic E-state index is 0.436. The van der Waals surface area contributed by atoms with E-state index in [1.165, 1.54) is 0 Å². The fourth-order valence-electron chi connectivity index (χ4n) is 1.79. The Morgan fingerprint density at radius 1 is 1.32 bits per heavy atom. The normalized spacial score (nSPS) is 13.9. The Morgan fingerprint density at radius 2 is 1.95 bits per heavy atom. The second kappa shape index (κ2) is 7.13. The number of nitrogens with two attached hydrogens (primary N) is 1. The number of hydrogen-bond donors (Lipinski definition) is 3. The van der Waals surface area contributed by atoms with Gasteiger partial charge in [-0.05, 0) is 38.5 Å². The van der Waals surface area contributed by atoms with Crippen LogP contribution in [0.5, 0.6) is 0 Å². The Hall–Kier alpha value is -2.28. The van der Waals surface area contributed by atoms with E-state index in [0.717, 1.165) is 7.11 Å². The number of rotatable bonds is 4. The zero-order chi connectivity index (χ0) is 16.9. The molecule has 4 N–H and O–H groups in total. The van der Waals surface area contributed by atoms with E-state index >= 15 is 0 Å². The van der Waals surface area contributed by atoms with E-state index in [9.17, 15) is 14.7 Å². The van der Waals surface area contributed by atoms with Crippen molar-refractivity contribution in [2.24, 2.45) is 0 Å². The molecule has 0 heterocycles. The third-order valence-electron chi connectivity index (χ3n) is 2.70. The third-order valence-corrected chi connectivity index (χ3v) is 2.70. The molecule has 1 aromatic carbocycles. The summed E-state index contributed by atoms with van der Waals surface area (Å²) >= 11 is 0. The Labute approximate surface area is 129 Å². The van der Waals surface area contributed by atoms with Gasteiger partial charge in [-0.2, -0.15) is 0 Å². The van der Waals surface area contributed by atoms with E-state index in [4.69, 9.17) is 10.5 Å². The molecule has 0 saturated carbocycles. The number of alkyl carbamates (subject to hydrolysis) is 1. The van der Waals surface area contributed by atoms with Crippen molar-refractivity contribution >= 4 is 17.7 Å². The number of amides is 1. The first kappa shape index (κ1) is 17.8. The van der Waals surface area contributed by atoms with E-state index in [1.807, 2.05) is 0 Å². The number of nitrogen functional groups attached to an aromatic ring is 1. The van der Waals surface area contributed by atoms with Crippen LogP contribution < -0.4 is 11.1 Å². The average molecular weight is 310 g/mol. The van der Waals surface area contributed by atoms with Gasteiger partial charge in [0.25, 0.3) is 0 Å². The first-order valence-corrected chi connectivity index (χ1v) is 6.75. The van der Waals surface area contributed by atoms with Crippen LogP contribution in [0.15, 0.2) is 24.3 Å². The number of aliphatic hydroxyl groups excluding tert-OH is 1. The molecule has 0 fully saturated rings. The van der Waals surface area contributed by atoms with Crippen LogP contribution in [0.25, 0.3) is 0 Å². The maximum atomic E-state index is 11.9. The summed E-state index contributed by atoms with van der Waals surface area (Å²) < 4.78 is 9.65. The van der Waals surface area contributed by atoms with Crippen molar-refractivity contribution in [3.63, 3.8) is 0 Å². The summed E-state index contributed by atoms with van der Waals surface area (Å²) in [7, 11) is 1.15. The highest BCUT2D eigenvalue weighted by Gasteiger charge is 2.31. The van der Waals surface area contributed by atoms with Gasteiger partial charge in [0, 0.05) is 5.69 Å². The first-order chi connectivity index (χ1) is 10.1. The minimum atomic E-state index is -1.58. The van der Waals surface area contributed by atoms with Gasteiger partial charge in [-0.15, -0.1) is 0 Å². The number of anilines is 1. The Bertz CT molecular complexity index is 539. The lowest BCUT2D eigenvalue weighted by atomic mass is 10.0. The molecule has 1 aromatic rings. The molecule has 0 aliphatic rings. The third kappa shape index (κ3) is 5.25. The lowest BCUT2D eigenvalue weighted by molar-refractivity contribution is -0.152. The van der Waals surface area contributed by atoms with Crippen LogP contribution in [0.4, 0.5) is 10.5 Å². The van der Waals surface area contributed by atoms with Crippen LogP contribution in [0.1, 0.15) is 32.4 Å². The fraction of sp³-hybridized carbons (Fsp3) is 0.467. The number of ether oxygens (including phenoxy) is 2. The van der Waals surface area contributed by atoms with Crippen molar-refractivity contribution in [3.05, 3.63) is 29.8 Å². The summed E-state index contributed by atoms with van der Waals surface area (Å²) in [6.45, 7) is 5.12. The molecule has 0 spiro atoms. The number of aliphatic hydroxyl groups is 1. The summed E-state index contributed by atoms with van der Waals surface area (Å²) in [6, 6.07) is 5.45. The smallest absolute Gasteiger partial charge is 0.408 e. The topological polar surface area (TPSA) is 111 Å². The average Bonchev–Trinajstić information content (AvgIpc) is 2.41. The predicted molar refractivity (Wildman–Crippen MR) is 81.0 cm³/mol. The standard InChI is InChI=1S/C15H22N2O5/c1-15(2,3)22-14(20)17-11(12(18)13(19)21-4)9-6-5-7-10(16)8-9/h5-8,11-12,18H,16H2,1-4H3,(H,17,20)/t11-,12+/m1/s1. The van der Waals surface area contributed by atoms with Gasteiger partial charge >= 0.3 is 12.1 Å². The van der Waals surface area contributed by atoms with Gasteiger partial charge in [-0.1, -0.05) is 12.1 Å². The monoisotopic (exact) mass is 310 g/mol. The molecule has 1 amide bonds. The number of esters is 1. The Kier molecular flexibility index (Phi) is 5.76. The van der Waals surface area contributed by atoms with Crippen molar-refractivity contribution in [2.75, 3.05) is 12.8 Å². The number of benzene rings is 1. The SMILES string of the molecule is COC(=O)[C@@H](O)[C@H](NC(=O)OC(C)(C)C)c1cccc(N)c1. The fourth-order valence-corrected chi connectivity index (χ4v) is 1.79. The summed E-state index contributed by atoms with van der Waals surface area (Å²) in [5.41, 5.74) is 5.89. The molecule has 0 saturated heterocycles. The number of carbonyl (C=O) groups excluding carboxylic acids is 2. The molecule has 0 unspecified atom stereocenters. The van der Waals surface area contributed by atoms with Crippen LogP contribution in [0.2, 0.25) is 0 Å².